The van der Waals surface area contributed by atoms with E-state index in [1.165, 1.54) is 16.7 Å². The Morgan fingerprint density at radius 3 is 2.62 bits per heavy atom. The molecule has 1 heteroatoms. The van der Waals surface area contributed by atoms with E-state index in [0.29, 0.717) is 6.04 Å². The second kappa shape index (κ2) is 4.43. The van der Waals surface area contributed by atoms with Crippen molar-refractivity contribution in [2.75, 3.05) is 0 Å². The maximum absolute atomic E-state index is 5.73. The lowest BCUT2D eigenvalue weighted by Crippen LogP contribution is -2.15. The van der Waals surface area contributed by atoms with Crippen LogP contribution in [0.15, 0.2) is 18.2 Å². The van der Waals surface area contributed by atoms with Gasteiger partial charge in [0, 0.05) is 6.04 Å². The topological polar surface area (TPSA) is 26.0 Å². The molecule has 1 rings (SSSR count). The molecule has 0 bridgehead atoms. The largest absolute Gasteiger partial charge is 0.328 e. The van der Waals surface area contributed by atoms with Crippen LogP contribution >= 0.6 is 0 Å². The van der Waals surface area contributed by atoms with Gasteiger partial charge in [0.05, 0.1) is 0 Å². The number of hydrogen-bond donors (Lipinski definition) is 1. The zero-order valence-corrected chi connectivity index (χ0v) is 8.80. The van der Waals surface area contributed by atoms with Gasteiger partial charge in [-0.1, -0.05) is 23.8 Å². The first-order valence-electron chi connectivity index (χ1n) is 4.91. The fraction of sp³-hybridized carbons (Fsp3) is 0.500. The smallest absolute Gasteiger partial charge is 0.00136 e. The van der Waals surface area contributed by atoms with Crippen molar-refractivity contribution in [3.8, 4) is 0 Å². The third kappa shape index (κ3) is 3.19. The molecule has 0 aliphatic rings. The van der Waals surface area contributed by atoms with E-state index in [9.17, 15) is 0 Å². The fourth-order valence-corrected chi connectivity index (χ4v) is 1.45. The van der Waals surface area contributed by atoms with E-state index in [2.05, 4.69) is 39.0 Å². The summed E-state index contributed by atoms with van der Waals surface area (Å²) in [6.45, 7) is 6.36. The van der Waals surface area contributed by atoms with Gasteiger partial charge in [-0.25, -0.2) is 0 Å². The average molecular weight is 177 g/mol. The SMILES string of the molecule is Cc1ccc(C)c(CC[C@H](C)N)c1. The zero-order chi connectivity index (χ0) is 9.84. The van der Waals surface area contributed by atoms with Crippen molar-refractivity contribution in [3.63, 3.8) is 0 Å². The van der Waals surface area contributed by atoms with E-state index in [4.69, 9.17) is 5.73 Å². The minimum atomic E-state index is 0.305. The van der Waals surface area contributed by atoms with Crippen LogP contribution in [0.3, 0.4) is 0 Å². The van der Waals surface area contributed by atoms with Gasteiger partial charge in [-0.05, 0) is 44.7 Å². The molecule has 0 radical (unpaired) electrons. The predicted octanol–water partition coefficient (Wildman–Crippen LogP) is 2.58. The first-order chi connectivity index (χ1) is 6.09. The molecule has 0 saturated heterocycles. The van der Waals surface area contributed by atoms with Gasteiger partial charge < -0.3 is 5.73 Å². The summed E-state index contributed by atoms with van der Waals surface area (Å²) < 4.78 is 0. The highest BCUT2D eigenvalue weighted by molar-refractivity contribution is 5.30. The minimum absolute atomic E-state index is 0.305. The van der Waals surface area contributed by atoms with Crippen molar-refractivity contribution in [3.05, 3.63) is 34.9 Å². The van der Waals surface area contributed by atoms with Crippen molar-refractivity contribution in [2.24, 2.45) is 5.73 Å². The molecule has 0 aliphatic heterocycles. The summed E-state index contributed by atoms with van der Waals surface area (Å²) in [5.41, 5.74) is 9.89. The first-order valence-corrected chi connectivity index (χ1v) is 4.91. The third-order valence-corrected chi connectivity index (χ3v) is 2.37. The number of hydrogen-bond acceptors (Lipinski definition) is 1. The molecule has 0 aromatic heterocycles. The molecular formula is C12H19N. The van der Waals surface area contributed by atoms with E-state index in [-0.39, 0.29) is 0 Å². The predicted molar refractivity (Wildman–Crippen MR) is 57.9 cm³/mol. The van der Waals surface area contributed by atoms with Crippen LogP contribution in [0.25, 0.3) is 0 Å². The van der Waals surface area contributed by atoms with Gasteiger partial charge in [0.25, 0.3) is 0 Å². The van der Waals surface area contributed by atoms with Gasteiger partial charge in [0.1, 0.15) is 0 Å². The molecule has 0 spiro atoms. The van der Waals surface area contributed by atoms with Crippen LogP contribution in [0.1, 0.15) is 30.0 Å². The van der Waals surface area contributed by atoms with E-state index in [1.807, 2.05) is 0 Å². The summed E-state index contributed by atoms with van der Waals surface area (Å²) in [6.07, 6.45) is 2.18. The minimum Gasteiger partial charge on any atom is -0.328 e. The van der Waals surface area contributed by atoms with Gasteiger partial charge in [-0.2, -0.15) is 0 Å². The highest BCUT2D eigenvalue weighted by Gasteiger charge is 2.00. The highest BCUT2D eigenvalue weighted by Crippen LogP contribution is 2.13. The van der Waals surface area contributed by atoms with E-state index in [0.717, 1.165) is 12.8 Å². The van der Waals surface area contributed by atoms with Crippen LogP contribution in [0.5, 0.6) is 0 Å². The molecule has 2 N–H and O–H groups in total. The number of benzene rings is 1. The van der Waals surface area contributed by atoms with Crippen LogP contribution in [0, 0.1) is 13.8 Å². The Kier molecular flexibility index (Phi) is 3.49. The molecule has 13 heavy (non-hydrogen) atoms. The van der Waals surface area contributed by atoms with Gasteiger partial charge in [0.15, 0.2) is 0 Å². The summed E-state index contributed by atoms with van der Waals surface area (Å²) in [4.78, 5) is 0. The quantitative estimate of drug-likeness (QED) is 0.754. The third-order valence-electron chi connectivity index (χ3n) is 2.37. The van der Waals surface area contributed by atoms with Crippen molar-refractivity contribution in [2.45, 2.75) is 39.7 Å². The van der Waals surface area contributed by atoms with Gasteiger partial charge in [-0.15, -0.1) is 0 Å². The fourth-order valence-electron chi connectivity index (χ4n) is 1.45. The van der Waals surface area contributed by atoms with Crippen LogP contribution in [0.2, 0.25) is 0 Å². The monoisotopic (exact) mass is 177 g/mol. The van der Waals surface area contributed by atoms with Crippen molar-refractivity contribution < 1.29 is 0 Å². The molecule has 0 amide bonds. The molecule has 1 nitrogen and oxygen atoms in total. The number of nitrogens with two attached hydrogens (primary N) is 1. The second-order valence-corrected chi connectivity index (χ2v) is 3.95. The Balaban J connectivity index is 2.70. The molecule has 0 aliphatic carbocycles. The van der Waals surface area contributed by atoms with E-state index >= 15 is 0 Å². The molecule has 1 aromatic carbocycles. The summed E-state index contributed by atoms with van der Waals surface area (Å²) in [5, 5.41) is 0. The summed E-state index contributed by atoms with van der Waals surface area (Å²) in [6, 6.07) is 6.91. The molecule has 0 fully saturated rings. The maximum atomic E-state index is 5.73. The van der Waals surface area contributed by atoms with Crippen LogP contribution in [-0.2, 0) is 6.42 Å². The Labute approximate surface area is 81.0 Å². The summed E-state index contributed by atoms with van der Waals surface area (Å²) in [7, 11) is 0. The standard InChI is InChI=1S/C12H19N/c1-9-4-5-10(2)12(8-9)7-6-11(3)13/h4-5,8,11H,6-7,13H2,1-3H3/t11-/m0/s1. The molecule has 1 atom stereocenters. The number of rotatable bonds is 3. The average Bonchev–Trinajstić information content (AvgIpc) is 2.06. The summed E-state index contributed by atoms with van der Waals surface area (Å²) in [5.74, 6) is 0. The lowest BCUT2D eigenvalue weighted by atomic mass is 10.00. The molecule has 0 unspecified atom stereocenters. The normalized spacial score (nSPS) is 12.9. The Bertz CT molecular complexity index is 276. The molecule has 0 heterocycles. The van der Waals surface area contributed by atoms with Gasteiger partial charge >= 0.3 is 0 Å². The van der Waals surface area contributed by atoms with E-state index < -0.39 is 0 Å². The molecule has 1 aromatic rings. The van der Waals surface area contributed by atoms with Crippen LogP contribution in [-0.4, -0.2) is 6.04 Å². The lowest BCUT2D eigenvalue weighted by molar-refractivity contribution is 0.664. The lowest BCUT2D eigenvalue weighted by Gasteiger charge is -2.08. The highest BCUT2D eigenvalue weighted by atomic mass is 14.6. The molecule has 72 valence electrons. The van der Waals surface area contributed by atoms with Crippen molar-refractivity contribution >= 4 is 0 Å². The van der Waals surface area contributed by atoms with Crippen molar-refractivity contribution in [1.29, 1.82) is 0 Å². The molecular weight excluding hydrogens is 158 g/mol. The van der Waals surface area contributed by atoms with Crippen molar-refractivity contribution in [1.82, 2.24) is 0 Å². The Hall–Kier alpha value is -0.820. The van der Waals surface area contributed by atoms with Crippen LogP contribution in [0.4, 0.5) is 0 Å². The Morgan fingerprint density at radius 1 is 1.31 bits per heavy atom. The zero-order valence-electron chi connectivity index (χ0n) is 8.80. The maximum Gasteiger partial charge on any atom is 0.00136 e. The van der Waals surface area contributed by atoms with Gasteiger partial charge in [0.2, 0.25) is 0 Å². The Morgan fingerprint density at radius 2 is 2.00 bits per heavy atom. The molecule has 0 saturated carbocycles. The van der Waals surface area contributed by atoms with Gasteiger partial charge in [-0.3, -0.25) is 0 Å². The van der Waals surface area contributed by atoms with Crippen LogP contribution < -0.4 is 5.73 Å². The second-order valence-electron chi connectivity index (χ2n) is 3.95. The first kappa shape index (κ1) is 10.3. The van der Waals surface area contributed by atoms with E-state index in [1.54, 1.807) is 0 Å². The summed E-state index contributed by atoms with van der Waals surface area (Å²) >= 11 is 0. The number of aryl methyl sites for hydroxylation is 3.